The number of carboxylic acid groups (broad SMARTS) is 1. The van der Waals surface area contributed by atoms with E-state index in [4.69, 9.17) is 9.84 Å². The van der Waals surface area contributed by atoms with Crippen LogP contribution >= 0.6 is 0 Å². The summed E-state index contributed by atoms with van der Waals surface area (Å²) in [6.45, 7) is 1.61. The van der Waals surface area contributed by atoms with Crippen molar-refractivity contribution in [3.05, 3.63) is 90.0 Å². The van der Waals surface area contributed by atoms with Gasteiger partial charge in [0.2, 0.25) is 5.91 Å². The second kappa shape index (κ2) is 11.7. The SMILES string of the molecule is CN(C)c1ccc(-c2ccc(CN(C(=O)C3CCOCC3)c3cccc(/C=C/C(=O)O)c3)cc2)cc1. The van der Waals surface area contributed by atoms with Crippen molar-refractivity contribution >= 4 is 29.3 Å². The number of anilines is 2. The minimum absolute atomic E-state index is 0.0704. The zero-order chi connectivity index (χ0) is 25.5. The summed E-state index contributed by atoms with van der Waals surface area (Å²) in [6, 6.07) is 24.2. The van der Waals surface area contributed by atoms with Gasteiger partial charge in [-0.3, -0.25) is 4.79 Å². The Bertz CT molecular complexity index is 1210. The fourth-order valence-electron chi connectivity index (χ4n) is 4.36. The number of nitrogens with zero attached hydrogens (tertiary/aromatic N) is 2. The lowest BCUT2D eigenvalue weighted by Crippen LogP contribution is -2.38. The van der Waals surface area contributed by atoms with Crippen LogP contribution in [-0.4, -0.2) is 44.3 Å². The van der Waals surface area contributed by atoms with E-state index in [1.54, 1.807) is 6.08 Å². The third-order valence-corrected chi connectivity index (χ3v) is 6.45. The van der Waals surface area contributed by atoms with Crippen LogP contribution in [0.15, 0.2) is 78.9 Å². The Labute approximate surface area is 212 Å². The minimum atomic E-state index is -1.01. The molecule has 1 aliphatic heterocycles. The number of aliphatic carboxylic acids is 1. The number of benzene rings is 3. The lowest BCUT2D eigenvalue weighted by atomic mass is 9.97. The normalized spacial score (nSPS) is 14.1. The van der Waals surface area contributed by atoms with Crippen molar-refractivity contribution in [3.8, 4) is 11.1 Å². The highest BCUT2D eigenvalue weighted by molar-refractivity contribution is 5.95. The fraction of sp³-hybridized carbons (Fsp3) is 0.267. The molecular formula is C30H32N2O4. The van der Waals surface area contributed by atoms with E-state index >= 15 is 0 Å². The summed E-state index contributed by atoms with van der Waals surface area (Å²) in [5, 5.41) is 8.98. The molecule has 6 heteroatoms. The highest BCUT2D eigenvalue weighted by Crippen LogP contribution is 2.27. The van der Waals surface area contributed by atoms with Gasteiger partial charge in [-0.1, -0.05) is 48.5 Å². The maximum absolute atomic E-state index is 13.6. The van der Waals surface area contributed by atoms with Crippen LogP contribution in [0.25, 0.3) is 17.2 Å². The maximum atomic E-state index is 13.6. The second-order valence-electron chi connectivity index (χ2n) is 9.22. The van der Waals surface area contributed by atoms with E-state index < -0.39 is 5.97 Å². The number of hydrogen-bond acceptors (Lipinski definition) is 4. The van der Waals surface area contributed by atoms with Gasteiger partial charge >= 0.3 is 5.97 Å². The number of carbonyl (C=O) groups is 2. The first-order valence-electron chi connectivity index (χ1n) is 12.2. The zero-order valence-corrected chi connectivity index (χ0v) is 20.8. The van der Waals surface area contributed by atoms with Gasteiger partial charge in [0.1, 0.15) is 0 Å². The van der Waals surface area contributed by atoms with E-state index in [0.717, 1.165) is 39.7 Å². The van der Waals surface area contributed by atoms with Crippen LogP contribution in [0.3, 0.4) is 0 Å². The zero-order valence-electron chi connectivity index (χ0n) is 20.8. The van der Waals surface area contributed by atoms with Gasteiger partial charge in [0.05, 0.1) is 6.54 Å². The third-order valence-electron chi connectivity index (χ3n) is 6.45. The quantitative estimate of drug-likeness (QED) is 0.429. The van der Waals surface area contributed by atoms with Gasteiger partial charge in [-0.2, -0.15) is 0 Å². The molecule has 1 heterocycles. The number of hydrogen-bond donors (Lipinski definition) is 1. The molecule has 0 atom stereocenters. The molecule has 0 bridgehead atoms. The Kier molecular flexibility index (Phi) is 8.18. The molecule has 6 nitrogen and oxygen atoms in total. The molecule has 0 saturated carbocycles. The summed E-state index contributed by atoms with van der Waals surface area (Å²) >= 11 is 0. The number of ether oxygens (including phenoxy) is 1. The molecule has 186 valence electrons. The van der Waals surface area contributed by atoms with Gasteiger partial charge in [-0.05, 0) is 65.4 Å². The summed E-state index contributed by atoms with van der Waals surface area (Å²) in [5.41, 5.74) is 5.92. The molecule has 0 radical (unpaired) electrons. The van der Waals surface area contributed by atoms with Gasteiger partial charge in [-0.15, -0.1) is 0 Å². The maximum Gasteiger partial charge on any atom is 0.328 e. The van der Waals surface area contributed by atoms with Crippen molar-refractivity contribution in [1.82, 2.24) is 0 Å². The third kappa shape index (κ3) is 6.40. The molecule has 0 aromatic heterocycles. The summed E-state index contributed by atoms with van der Waals surface area (Å²) in [6.07, 6.45) is 4.05. The molecule has 1 aliphatic rings. The van der Waals surface area contributed by atoms with E-state index in [0.29, 0.717) is 32.6 Å². The molecule has 3 aromatic rings. The molecule has 1 saturated heterocycles. The average Bonchev–Trinajstić information content (AvgIpc) is 2.91. The van der Waals surface area contributed by atoms with Crippen molar-refractivity contribution < 1.29 is 19.4 Å². The van der Waals surface area contributed by atoms with Crippen LogP contribution in [0.2, 0.25) is 0 Å². The van der Waals surface area contributed by atoms with Crippen molar-refractivity contribution in [2.75, 3.05) is 37.1 Å². The largest absolute Gasteiger partial charge is 0.478 e. The fourth-order valence-corrected chi connectivity index (χ4v) is 4.36. The predicted octanol–water partition coefficient (Wildman–Crippen LogP) is 5.48. The first-order valence-corrected chi connectivity index (χ1v) is 12.2. The monoisotopic (exact) mass is 484 g/mol. The number of carboxylic acids is 1. The van der Waals surface area contributed by atoms with Gasteiger partial charge in [0.15, 0.2) is 0 Å². The van der Waals surface area contributed by atoms with E-state index in [1.165, 1.54) is 0 Å². The van der Waals surface area contributed by atoms with Crippen LogP contribution in [-0.2, 0) is 20.9 Å². The van der Waals surface area contributed by atoms with Gasteiger partial charge in [0, 0.05) is 50.7 Å². The van der Waals surface area contributed by atoms with Crippen molar-refractivity contribution in [2.45, 2.75) is 19.4 Å². The molecule has 4 rings (SSSR count). The number of carbonyl (C=O) groups excluding carboxylic acids is 1. The standard InChI is InChI=1S/C30H32N2O4/c1-31(2)27-13-11-25(12-14-27)24-9-6-23(7-10-24)21-32(30(35)26-16-18-36-19-17-26)28-5-3-4-22(20-28)8-15-29(33)34/h3-15,20,26H,16-19,21H2,1-2H3,(H,33,34)/b15-8+. The smallest absolute Gasteiger partial charge is 0.328 e. The average molecular weight is 485 g/mol. The van der Waals surface area contributed by atoms with Gasteiger partial charge < -0.3 is 19.6 Å². The molecule has 0 aliphatic carbocycles. The molecule has 1 amide bonds. The molecule has 0 unspecified atom stereocenters. The Hall–Kier alpha value is -3.90. The van der Waals surface area contributed by atoms with E-state index in [2.05, 4.69) is 53.4 Å². The van der Waals surface area contributed by atoms with Gasteiger partial charge in [-0.25, -0.2) is 4.79 Å². The molecule has 0 spiro atoms. The summed E-state index contributed by atoms with van der Waals surface area (Å²) in [7, 11) is 4.05. The minimum Gasteiger partial charge on any atom is -0.478 e. The number of amides is 1. The molecule has 1 N–H and O–H groups in total. The molecule has 3 aromatic carbocycles. The van der Waals surface area contributed by atoms with Crippen LogP contribution in [0.1, 0.15) is 24.0 Å². The first-order chi connectivity index (χ1) is 17.4. The van der Waals surface area contributed by atoms with Crippen LogP contribution in [0.4, 0.5) is 11.4 Å². The van der Waals surface area contributed by atoms with Crippen LogP contribution < -0.4 is 9.80 Å². The van der Waals surface area contributed by atoms with Crippen LogP contribution in [0.5, 0.6) is 0 Å². The molecular weight excluding hydrogens is 452 g/mol. The summed E-state index contributed by atoms with van der Waals surface area (Å²) in [5.74, 6) is -1.03. The second-order valence-corrected chi connectivity index (χ2v) is 9.22. The Morgan fingerprint density at radius 3 is 2.17 bits per heavy atom. The highest BCUT2D eigenvalue weighted by Gasteiger charge is 2.27. The Morgan fingerprint density at radius 2 is 1.56 bits per heavy atom. The van der Waals surface area contributed by atoms with Crippen molar-refractivity contribution in [3.63, 3.8) is 0 Å². The van der Waals surface area contributed by atoms with E-state index in [-0.39, 0.29) is 11.8 Å². The lowest BCUT2D eigenvalue weighted by Gasteiger charge is -2.30. The lowest BCUT2D eigenvalue weighted by molar-refractivity contribution is -0.131. The van der Waals surface area contributed by atoms with Crippen molar-refractivity contribution in [2.24, 2.45) is 5.92 Å². The van der Waals surface area contributed by atoms with E-state index in [9.17, 15) is 9.59 Å². The van der Waals surface area contributed by atoms with E-state index in [1.807, 2.05) is 43.3 Å². The summed E-state index contributed by atoms with van der Waals surface area (Å²) in [4.78, 5) is 28.5. The Morgan fingerprint density at radius 1 is 0.917 bits per heavy atom. The molecule has 1 fully saturated rings. The van der Waals surface area contributed by atoms with Crippen LogP contribution in [0, 0.1) is 5.92 Å². The van der Waals surface area contributed by atoms with Gasteiger partial charge in [0.25, 0.3) is 0 Å². The predicted molar refractivity (Wildman–Crippen MR) is 144 cm³/mol. The summed E-state index contributed by atoms with van der Waals surface area (Å²) < 4.78 is 5.46. The number of rotatable bonds is 8. The highest BCUT2D eigenvalue weighted by atomic mass is 16.5. The Balaban J connectivity index is 1.58. The van der Waals surface area contributed by atoms with Crippen molar-refractivity contribution in [1.29, 1.82) is 0 Å². The topological polar surface area (TPSA) is 70.1 Å². The first kappa shape index (κ1) is 25.2. The molecule has 36 heavy (non-hydrogen) atoms.